The molecule has 0 saturated carbocycles. The van der Waals surface area contributed by atoms with E-state index < -0.39 is 0 Å². The van der Waals surface area contributed by atoms with E-state index in [0.717, 1.165) is 23.3 Å². The highest BCUT2D eigenvalue weighted by Crippen LogP contribution is 2.18. The maximum atomic E-state index is 11.9. The van der Waals surface area contributed by atoms with Crippen molar-refractivity contribution < 1.29 is 0 Å². The van der Waals surface area contributed by atoms with Crippen molar-refractivity contribution in [3.8, 4) is 0 Å². The van der Waals surface area contributed by atoms with Crippen LogP contribution in [0.4, 0.5) is 0 Å². The van der Waals surface area contributed by atoms with E-state index in [0.29, 0.717) is 5.39 Å². The Morgan fingerprint density at radius 1 is 1.29 bits per heavy atom. The standard InChI is InChI=1S/C14H18N2O/c1-9-5-6-11-10(7-9)13(17)16-12(15-11)8-14(2,3)4/h5-7H,8H2,1-4H3,(H,15,16,17). The number of hydrogen-bond acceptors (Lipinski definition) is 2. The summed E-state index contributed by atoms with van der Waals surface area (Å²) >= 11 is 0. The van der Waals surface area contributed by atoms with E-state index in [1.807, 2.05) is 25.1 Å². The summed E-state index contributed by atoms with van der Waals surface area (Å²) in [5.74, 6) is 0.763. The zero-order valence-corrected chi connectivity index (χ0v) is 10.8. The van der Waals surface area contributed by atoms with Crippen molar-refractivity contribution >= 4 is 10.9 Å². The van der Waals surface area contributed by atoms with Crippen molar-refractivity contribution in [3.63, 3.8) is 0 Å². The first-order chi connectivity index (χ1) is 7.85. The van der Waals surface area contributed by atoms with Gasteiger partial charge < -0.3 is 4.98 Å². The van der Waals surface area contributed by atoms with Crippen LogP contribution in [0.2, 0.25) is 0 Å². The molecule has 2 aromatic rings. The molecule has 3 heteroatoms. The van der Waals surface area contributed by atoms with Gasteiger partial charge in [0.05, 0.1) is 10.9 Å². The molecule has 0 aliphatic rings. The van der Waals surface area contributed by atoms with Crippen LogP contribution < -0.4 is 5.56 Å². The van der Waals surface area contributed by atoms with E-state index in [1.165, 1.54) is 0 Å². The molecular weight excluding hydrogens is 212 g/mol. The SMILES string of the molecule is Cc1ccc2nc(CC(C)(C)C)[nH]c(=O)c2c1. The number of nitrogens with zero attached hydrogens (tertiary/aromatic N) is 1. The fourth-order valence-corrected chi connectivity index (χ4v) is 1.89. The lowest BCUT2D eigenvalue weighted by Gasteiger charge is -2.17. The molecule has 0 aliphatic heterocycles. The molecule has 0 unspecified atom stereocenters. The van der Waals surface area contributed by atoms with Gasteiger partial charge in [-0.05, 0) is 24.5 Å². The molecule has 17 heavy (non-hydrogen) atoms. The van der Waals surface area contributed by atoms with E-state index in [9.17, 15) is 4.79 Å². The van der Waals surface area contributed by atoms with Crippen LogP contribution >= 0.6 is 0 Å². The lowest BCUT2D eigenvalue weighted by atomic mass is 9.92. The van der Waals surface area contributed by atoms with Crippen LogP contribution in [0.5, 0.6) is 0 Å². The molecule has 0 fully saturated rings. The summed E-state index contributed by atoms with van der Waals surface area (Å²) in [5.41, 5.74) is 1.93. The molecule has 90 valence electrons. The van der Waals surface area contributed by atoms with E-state index in [1.54, 1.807) is 0 Å². The van der Waals surface area contributed by atoms with E-state index in [-0.39, 0.29) is 11.0 Å². The molecule has 1 aromatic carbocycles. The van der Waals surface area contributed by atoms with Gasteiger partial charge in [0.2, 0.25) is 0 Å². The topological polar surface area (TPSA) is 45.8 Å². The third-order valence-electron chi connectivity index (χ3n) is 2.61. The van der Waals surface area contributed by atoms with E-state index in [2.05, 4.69) is 30.7 Å². The van der Waals surface area contributed by atoms with Gasteiger partial charge in [-0.25, -0.2) is 4.98 Å². The Balaban J connectivity index is 2.57. The van der Waals surface area contributed by atoms with Crippen molar-refractivity contribution in [2.45, 2.75) is 34.1 Å². The Kier molecular flexibility index (Phi) is 2.77. The summed E-state index contributed by atoms with van der Waals surface area (Å²) in [5, 5.41) is 0.669. The number of nitrogens with one attached hydrogen (secondary N) is 1. The third-order valence-corrected chi connectivity index (χ3v) is 2.61. The summed E-state index contributed by atoms with van der Waals surface area (Å²) in [4.78, 5) is 19.3. The highest BCUT2D eigenvalue weighted by molar-refractivity contribution is 5.78. The highest BCUT2D eigenvalue weighted by atomic mass is 16.1. The maximum Gasteiger partial charge on any atom is 0.258 e. The van der Waals surface area contributed by atoms with E-state index >= 15 is 0 Å². The van der Waals surface area contributed by atoms with Crippen LogP contribution in [0.3, 0.4) is 0 Å². The molecule has 0 aliphatic carbocycles. The summed E-state index contributed by atoms with van der Waals surface area (Å²) < 4.78 is 0. The Morgan fingerprint density at radius 3 is 2.65 bits per heavy atom. The van der Waals surface area contributed by atoms with Gasteiger partial charge in [-0.1, -0.05) is 32.4 Å². The van der Waals surface area contributed by atoms with Gasteiger partial charge in [0.15, 0.2) is 0 Å². The monoisotopic (exact) mass is 230 g/mol. The predicted molar refractivity (Wildman–Crippen MR) is 70.3 cm³/mol. The van der Waals surface area contributed by atoms with E-state index in [4.69, 9.17) is 0 Å². The molecule has 3 nitrogen and oxygen atoms in total. The zero-order valence-electron chi connectivity index (χ0n) is 10.8. The fraction of sp³-hybridized carbons (Fsp3) is 0.429. The minimum absolute atomic E-state index is 0.0436. The maximum absolute atomic E-state index is 11.9. The number of aromatic nitrogens is 2. The molecule has 0 spiro atoms. The largest absolute Gasteiger partial charge is 0.310 e. The molecule has 0 amide bonds. The second-order valence-corrected chi connectivity index (χ2v) is 5.77. The average Bonchev–Trinajstić information content (AvgIpc) is 2.17. The predicted octanol–water partition coefficient (Wildman–Crippen LogP) is 2.82. The first-order valence-electron chi connectivity index (χ1n) is 5.85. The van der Waals surface area contributed by atoms with Crippen LogP contribution in [0, 0.1) is 12.3 Å². The van der Waals surface area contributed by atoms with Crippen molar-refractivity contribution in [1.29, 1.82) is 0 Å². The average molecular weight is 230 g/mol. The van der Waals surface area contributed by atoms with Gasteiger partial charge in [0, 0.05) is 6.42 Å². The Hall–Kier alpha value is -1.64. The van der Waals surface area contributed by atoms with Crippen molar-refractivity contribution in [1.82, 2.24) is 9.97 Å². The molecule has 0 atom stereocenters. The minimum atomic E-state index is -0.0436. The summed E-state index contributed by atoms with van der Waals surface area (Å²) in [7, 11) is 0. The number of aromatic amines is 1. The van der Waals surface area contributed by atoms with Gasteiger partial charge in [-0.3, -0.25) is 4.79 Å². The number of rotatable bonds is 1. The van der Waals surface area contributed by atoms with Crippen LogP contribution in [0.1, 0.15) is 32.2 Å². The normalized spacial score (nSPS) is 12.0. The molecule has 1 N–H and O–H groups in total. The van der Waals surface area contributed by atoms with Crippen molar-refractivity contribution in [2.75, 3.05) is 0 Å². The first kappa shape index (κ1) is 11.8. The van der Waals surface area contributed by atoms with Gasteiger partial charge in [0.1, 0.15) is 5.82 Å². The quantitative estimate of drug-likeness (QED) is 0.818. The second kappa shape index (κ2) is 3.99. The molecule has 1 aromatic heterocycles. The summed E-state index contributed by atoms with van der Waals surface area (Å²) in [6, 6.07) is 5.77. The Bertz CT molecular complexity index is 606. The zero-order chi connectivity index (χ0) is 12.6. The number of H-pyrrole nitrogens is 1. The van der Waals surface area contributed by atoms with Crippen molar-refractivity contribution in [3.05, 3.63) is 39.9 Å². The molecule has 0 saturated heterocycles. The van der Waals surface area contributed by atoms with Crippen LogP contribution in [-0.2, 0) is 6.42 Å². The van der Waals surface area contributed by atoms with Crippen LogP contribution in [0.15, 0.2) is 23.0 Å². The first-order valence-corrected chi connectivity index (χ1v) is 5.85. The number of aryl methyl sites for hydroxylation is 1. The van der Waals surface area contributed by atoms with Crippen molar-refractivity contribution in [2.24, 2.45) is 5.41 Å². The Labute approximate surface area is 101 Å². The van der Waals surface area contributed by atoms with Crippen LogP contribution in [-0.4, -0.2) is 9.97 Å². The molecule has 0 radical (unpaired) electrons. The van der Waals surface area contributed by atoms with Gasteiger partial charge in [-0.15, -0.1) is 0 Å². The third kappa shape index (κ3) is 2.73. The number of fused-ring (bicyclic) bond motifs is 1. The summed E-state index contributed by atoms with van der Waals surface area (Å²) in [6.07, 6.45) is 0.770. The fourth-order valence-electron chi connectivity index (χ4n) is 1.89. The Morgan fingerprint density at radius 2 is 2.00 bits per heavy atom. The molecule has 1 heterocycles. The van der Waals surface area contributed by atoms with Gasteiger partial charge in [-0.2, -0.15) is 0 Å². The van der Waals surface area contributed by atoms with Gasteiger partial charge in [0.25, 0.3) is 5.56 Å². The number of benzene rings is 1. The lowest BCUT2D eigenvalue weighted by molar-refractivity contribution is 0.401. The summed E-state index contributed by atoms with van der Waals surface area (Å²) in [6.45, 7) is 8.37. The molecule has 2 rings (SSSR count). The highest BCUT2D eigenvalue weighted by Gasteiger charge is 2.14. The lowest BCUT2D eigenvalue weighted by Crippen LogP contribution is -2.17. The number of hydrogen-bond donors (Lipinski definition) is 1. The van der Waals surface area contributed by atoms with Crippen LogP contribution in [0.25, 0.3) is 10.9 Å². The smallest absolute Gasteiger partial charge is 0.258 e. The molecular formula is C14H18N2O. The van der Waals surface area contributed by atoms with Gasteiger partial charge >= 0.3 is 0 Å². The second-order valence-electron chi connectivity index (χ2n) is 5.77. The minimum Gasteiger partial charge on any atom is -0.310 e. The molecule has 0 bridgehead atoms.